The fourth-order valence-corrected chi connectivity index (χ4v) is 9.86. The SMILES string of the molecule is CC(C1CCCC1c1ccccc1C(c1ccccc1)c1ccccc1)P(c1ccccc1)c1ccccc1. The molecule has 194 valence electrons. The lowest BCUT2D eigenvalue weighted by Gasteiger charge is -2.35. The zero-order valence-electron chi connectivity index (χ0n) is 22.7. The van der Waals surface area contributed by atoms with Gasteiger partial charge in [0.15, 0.2) is 0 Å². The van der Waals surface area contributed by atoms with Crippen LogP contribution in [0, 0.1) is 5.92 Å². The second-order valence-corrected chi connectivity index (χ2v) is 13.5. The molecule has 0 bridgehead atoms. The van der Waals surface area contributed by atoms with Gasteiger partial charge in [-0.1, -0.05) is 159 Å². The van der Waals surface area contributed by atoms with Gasteiger partial charge in [-0.25, -0.2) is 0 Å². The van der Waals surface area contributed by atoms with E-state index in [9.17, 15) is 0 Å². The van der Waals surface area contributed by atoms with Crippen LogP contribution in [0.5, 0.6) is 0 Å². The van der Waals surface area contributed by atoms with Crippen molar-refractivity contribution >= 4 is 18.5 Å². The average molecular weight is 525 g/mol. The molecule has 3 unspecified atom stereocenters. The summed E-state index contributed by atoms with van der Waals surface area (Å²) in [7, 11) is -0.453. The molecule has 1 fully saturated rings. The molecule has 5 aromatic carbocycles. The van der Waals surface area contributed by atoms with Gasteiger partial charge >= 0.3 is 0 Å². The minimum atomic E-state index is -0.453. The van der Waals surface area contributed by atoms with Gasteiger partial charge in [0.1, 0.15) is 0 Å². The van der Waals surface area contributed by atoms with E-state index in [2.05, 4.69) is 153 Å². The molecule has 5 aromatic rings. The molecule has 3 atom stereocenters. The topological polar surface area (TPSA) is 0 Å². The molecule has 0 aliphatic heterocycles. The van der Waals surface area contributed by atoms with Crippen LogP contribution in [0.2, 0.25) is 0 Å². The van der Waals surface area contributed by atoms with Crippen molar-refractivity contribution in [2.24, 2.45) is 5.92 Å². The van der Waals surface area contributed by atoms with Gasteiger partial charge in [0.25, 0.3) is 0 Å². The Morgan fingerprint density at radius 3 is 1.54 bits per heavy atom. The van der Waals surface area contributed by atoms with Gasteiger partial charge in [-0.15, -0.1) is 0 Å². The van der Waals surface area contributed by atoms with E-state index in [0.29, 0.717) is 17.5 Å². The summed E-state index contributed by atoms with van der Waals surface area (Å²) in [6.07, 6.45) is 3.89. The Kier molecular flexibility index (Phi) is 8.03. The predicted molar refractivity (Wildman–Crippen MR) is 169 cm³/mol. The lowest BCUT2D eigenvalue weighted by atomic mass is 9.77. The number of rotatable bonds is 8. The van der Waals surface area contributed by atoms with E-state index in [1.54, 1.807) is 5.56 Å². The molecule has 1 heteroatoms. The van der Waals surface area contributed by atoms with Gasteiger partial charge in [-0.05, 0) is 71.1 Å². The molecule has 0 aromatic heterocycles. The normalized spacial score (nSPS) is 17.9. The molecule has 0 amide bonds. The summed E-state index contributed by atoms with van der Waals surface area (Å²) < 4.78 is 0. The van der Waals surface area contributed by atoms with E-state index in [-0.39, 0.29) is 5.92 Å². The van der Waals surface area contributed by atoms with Gasteiger partial charge in [0.2, 0.25) is 0 Å². The second-order valence-electron chi connectivity index (χ2n) is 10.9. The highest BCUT2D eigenvalue weighted by atomic mass is 31.1. The zero-order chi connectivity index (χ0) is 26.4. The van der Waals surface area contributed by atoms with Gasteiger partial charge < -0.3 is 0 Å². The maximum Gasteiger partial charge on any atom is 0.0342 e. The molecule has 1 saturated carbocycles. The van der Waals surface area contributed by atoms with E-state index < -0.39 is 7.92 Å². The van der Waals surface area contributed by atoms with Crippen LogP contribution >= 0.6 is 7.92 Å². The van der Waals surface area contributed by atoms with Crippen molar-refractivity contribution in [3.63, 3.8) is 0 Å². The summed E-state index contributed by atoms with van der Waals surface area (Å²) in [6, 6.07) is 54.1. The van der Waals surface area contributed by atoms with Crippen molar-refractivity contribution in [3.8, 4) is 0 Å². The van der Waals surface area contributed by atoms with Crippen molar-refractivity contribution in [2.45, 2.75) is 43.7 Å². The summed E-state index contributed by atoms with van der Waals surface area (Å²) in [6.45, 7) is 2.54. The van der Waals surface area contributed by atoms with Crippen LogP contribution in [0.25, 0.3) is 0 Å². The Labute approximate surface area is 235 Å². The summed E-state index contributed by atoms with van der Waals surface area (Å²) in [5.41, 5.74) is 6.37. The molecule has 0 N–H and O–H groups in total. The van der Waals surface area contributed by atoms with Gasteiger partial charge in [-0.2, -0.15) is 0 Å². The Balaban J connectivity index is 1.42. The Morgan fingerprint density at radius 2 is 1.00 bits per heavy atom. The molecule has 0 nitrogen and oxygen atoms in total. The lowest BCUT2D eigenvalue weighted by Crippen LogP contribution is -2.28. The molecule has 1 aliphatic rings. The third-order valence-electron chi connectivity index (χ3n) is 8.64. The van der Waals surface area contributed by atoms with Gasteiger partial charge in [0, 0.05) is 5.92 Å². The monoisotopic (exact) mass is 524 g/mol. The molecule has 39 heavy (non-hydrogen) atoms. The van der Waals surface area contributed by atoms with Crippen LogP contribution in [-0.2, 0) is 0 Å². The highest BCUT2D eigenvalue weighted by Gasteiger charge is 2.38. The molecule has 0 spiro atoms. The molecular weight excluding hydrogens is 487 g/mol. The fraction of sp³-hybridized carbons (Fsp3) is 0.211. The van der Waals surface area contributed by atoms with E-state index >= 15 is 0 Å². The summed E-state index contributed by atoms with van der Waals surface area (Å²) in [5, 5.41) is 2.99. The van der Waals surface area contributed by atoms with Crippen LogP contribution in [0.3, 0.4) is 0 Å². The maximum absolute atomic E-state index is 2.54. The summed E-state index contributed by atoms with van der Waals surface area (Å²) in [5.74, 6) is 1.47. The third kappa shape index (κ3) is 5.50. The minimum absolute atomic E-state index is 0.241. The van der Waals surface area contributed by atoms with Crippen molar-refractivity contribution < 1.29 is 0 Å². The van der Waals surface area contributed by atoms with Crippen LogP contribution in [0.4, 0.5) is 0 Å². The maximum atomic E-state index is 2.54. The van der Waals surface area contributed by atoms with Crippen LogP contribution in [0.15, 0.2) is 146 Å². The Hall–Kier alpha value is -3.47. The lowest BCUT2D eigenvalue weighted by molar-refractivity contribution is 0.475. The van der Waals surface area contributed by atoms with Crippen molar-refractivity contribution in [1.29, 1.82) is 0 Å². The molecule has 0 saturated heterocycles. The zero-order valence-corrected chi connectivity index (χ0v) is 23.6. The average Bonchev–Trinajstić information content (AvgIpc) is 3.50. The highest BCUT2D eigenvalue weighted by molar-refractivity contribution is 7.73. The first kappa shape index (κ1) is 25.8. The second kappa shape index (κ2) is 12.1. The van der Waals surface area contributed by atoms with E-state index in [1.165, 1.54) is 46.6 Å². The standard InChI is InChI=1S/C38H37P/c1-29(39(32-21-10-4-11-22-32)33-23-12-5-13-24-33)34-27-16-28-35(34)36-25-14-15-26-37(36)38(30-17-6-2-7-18-30)31-19-8-3-9-20-31/h2-15,17-26,29,34-35,38H,16,27-28H2,1H3. The fourth-order valence-electron chi connectivity index (χ4n) is 6.89. The van der Waals surface area contributed by atoms with Crippen LogP contribution in [0.1, 0.15) is 60.3 Å². The smallest absolute Gasteiger partial charge is 0.0342 e. The molecular formula is C38H37P. The summed E-state index contributed by atoms with van der Waals surface area (Å²) in [4.78, 5) is 0. The van der Waals surface area contributed by atoms with E-state index in [4.69, 9.17) is 0 Å². The quantitative estimate of drug-likeness (QED) is 0.140. The van der Waals surface area contributed by atoms with E-state index in [0.717, 1.165) is 0 Å². The molecule has 1 aliphatic carbocycles. The highest BCUT2D eigenvalue weighted by Crippen LogP contribution is 2.53. The number of hydrogen-bond donors (Lipinski definition) is 0. The third-order valence-corrected chi connectivity index (χ3v) is 11.5. The first-order valence-corrected chi connectivity index (χ1v) is 15.8. The van der Waals surface area contributed by atoms with Crippen molar-refractivity contribution in [1.82, 2.24) is 0 Å². The molecule has 6 rings (SSSR count). The van der Waals surface area contributed by atoms with E-state index in [1.807, 2.05) is 0 Å². The Morgan fingerprint density at radius 1 is 0.538 bits per heavy atom. The van der Waals surface area contributed by atoms with Crippen LogP contribution < -0.4 is 10.6 Å². The molecule has 0 radical (unpaired) electrons. The largest absolute Gasteiger partial charge is 0.0622 e. The molecule has 0 heterocycles. The first-order valence-electron chi connectivity index (χ1n) is 14.4. The van der Waals surface area contributed by atoms with Gasteiger partial charge in [-0.3, -0.25) is 0 Å². The predicted octanol–water partition coefficient (Wildman–Crippen LogP) is 9.27. The summed E-state index contributed by atoms with van der Waals surface area (Å²) >= 11 is 0. The Bertz CT molecular complexity index is 1370. The van der Waals surface area contributed by atoms with Crippen molar-refractivity contribution in [3.05, 3.63) is 168 Å². The first-order chi connectivity index (χ1) is 19.3. The minimum Gasteiger partial charge on any atom is -0.0622 e. The van der Waals surface area contributed by atoms with Crippen molar-refractivity contribution in [2.75, 3.05) is 0 Å². The number of benzene rings is 5. The van der Waals surface area contributed by atoms with Crippen LogP contribution in [-0.4, -0.2) is 5.66 Å². The number of hydrogen-bond acceptors (Lipinski definition) is 0. The van der Waals surface area contributed by atoms with Gasteiger partial charge in [0.05, 0.1) is 0 Å².